The van der Waals surface area contributed by atoms with Crippen LogP contribution in [0, 0.1) is 0 Å². The summed E-state index contributed by atoms with van der Waals surface area (Å²) >= 11 is 0. The zero-order chi connectivity index (χ0) is 7.15. The second kappa shape index (κ2) is 11.0. The molecule has 0 aliphatic rings. The van der Waals surface area contributed by atoms with E-state index in [1.807, 2.05) is 0 Å². The fraction of sp³-hybridized carbons (Fsp3) is 0. The largest absolute Gasteiger partial charge is 1.00 e. The van der Waals surface area contributed by atoms with Gasteiger partial charge in [-0.1, -0.05) is 0 Å². The zero-order valence-electron chi connectivity index (χ0n) is 4.60. The number of nitrogens with two attached hydrogens (primary N) is 1. The standard InChI is InChI=1S/CH3NO2.Na.HO3S/c2-1(3)4;;1-4(2)3/h2H2,(H,3,4);;(H,1,2,3)/q;+1;-1. The normalized spacial score (nSPS) is 6.44. The van der Waals surface area contributed by atoms with Gasteiger partial charge in [-0.15, -0.1) is 0 Å². The molecule has 0 aliphatic carbocycles. The molecule has 50 valence electrons. The maximum absolute atomic E-state index is 8.78. The van der Waals surface area contributed by atoms with E-state index in [9.17, 15) is 0 Å². The fourth-order valence-electron chi connectivity index (χ4n) is 0. The van der Waals surface area contributed by atoms with E-state index in [1.165, 1.54) is 0 Å². The van der Waals surface area contributed by atoms with E-state index in [4.69, 9.17) is 22.9 Å². The molecular weight excluding hydrogens is 161 g/mol. The Morgan fingerprint density at radius 1 is 1.44 bits per heavy atom. The van der Waals surface area contributed by atoms with Crippen LogP contribution in [0.5, 0.6) is 0 Å². The molecule has 1 amide bonds. The van der Waals surface area contributed by atoms with Gasteiger partial charge in [0.15, 0.2) is 0 Å². The molecule has 0 radical (unpaired) electrons. The molecule has 0 aromatic carbocycles. The van der Waals surface area contributed by atoms with Crippen molar-refractivity contribution in [3.8, 4) is 0 Å². The number of hydrogen-bond acceptors (Lipinski definition) is 4. The van der Waals surface area contributed by atoms with Gasteiger partial charge in [-0.2, -0.15) is 0 Å². The van der Waals surface area contributed by atoms with E-state index in [-0.39, 0.29) is 29.6 Å². The maximum atomic E-state index is 8.78. The summed E-state index contributed by atoms with van der Waals surface area (Å²) in [5.41, 5.74) is 4.03. The molecule has 0 bridgehead atoms. The Morgan fingerprint density at radius 3 is 1.44 bits per heavy atom. The van der Waals surface area contributed by atoms with Crippen molar-refractivity contribution in [2.75, 3.05) is 0 Å². The number of rotatable bonds is 0. The maximum Gasteiger partial charge on any atom is 1.00 e. The first-order valence-corrected chi connectivity index (χ1v) is 2.26. The van der Waals surface area contributed by atoms with E-state index in [2.05, 4.69) is 5.73 Å². The molecule has 0 aromatic heterocycles. The topological polar surface area (TPSA) is 118 Å². The third kappa shape index (κ3) is 9640. The van der Waals surface area contributed by atoms with E-state index in [0.717, 1.165) is 0 Å². The van der Waals surface area contributed by atoms with Crippen LogP contribution in [0.1, 0.15) is 0 Å². The molecule has 0 fully saturated rings. The van der Waals surface area contributed by atoms with Crippen LogP contribution in [0.15, 0.2) is 0 Å². The number of amides is 1. The van der Waals surface area contributed by atoms with E-state index < -0.39 is 17.1 Å². The van der Waals surface area contributed by atoms with Crippen LogP contribution in [0.25, 0.3) is 0 Å². The van der Waals surface area contributed by atoms with Crippen LogP contribution < -0.4 is 35.3 Å². The van der Waals surface area contributed by atoms with Gasteiger partial charge in [-0.05, 0) is 0 Å². The Kier molecular flexibility index (Phi) is 19.7. The zero-order valence-corrected chi connectivity index (χ0v) is 7.42. The summed E-state index contributed by atoms with van der Waals surface area (Å²) in [6.07, 6.45) is -1.33. The monoisotopic (exact) mass is 165 g/mol. The minimum absolute atomic E-state index is 0. The molecule has 8 heteroatoms. The second-order valence-electron chi connectivity index (χ2n) is 0.555. The molecule has 4 N–H and O–H groups in total. The molecule has 0 saturated heterocycles. The third-order valence-electron chi connectivity index (χ3n) is 0. The molecule has 6 nitrogen and oxygen atoms in total. The summed E-state index contributed by atoms with van der Waals surface area (Å²) < 4.78 is 24.1. The van der Waals surface area contributed by atoms with Gasteiger partial charge in [-0.25, -0.2) is 4.79 Å². The smallest absolute Gasteiger partial charge is 0.465 e. The number of carboxylic acid groups (broad SMARTS) is 1. The Hall–Kier alpha value is 0.180. The number of primary amides is 1. The summed E-state index contributed by atoms with van der Waals surface area (Å²) in [4.78, 5) is 8.78. The minimum Gasteiger partial charge on any atom is -0.465 e. The quantitative estimate of drug-likeness (QED) is 0.148. The van der Waals surface area contributed by atoms with Crippen molar-refractivity contribution in [1.82, 2.24) is 0 Å². The first-order chi connectivity index (χ1) is 3.46. The molecule has 9 heavy (non-hydrogen) atoms. The van der Waals surface area contributed by atoms with Crippen LogP contribution in [-0.2, 0) is 19.4 Å². The molecular formula is CH4NNaO5S. The summed E-state index contributed by atoms with van der Waals surface area (Å²) in [6.45, 7) is 0. The van der Waals surface area contributed by atoms with Gasteiger partial charge in [0.2, 0.25) is 0 Å². The van der Waals surface area contributed by atoms with E-state index in [0.29, 0.717) is 0 Å². The second-order valence-corrected chi connectivity index (χ2v) is 0.990. The first kappa shape index (κ1) is 16.1. The van der Waals surface area contributed by atoms with Crippen LogP contribution in [0.4, 0.5) is 4.79 Å². The molecule has 0 spiro atoms. The van der Waals surface area contributed by atoms with Crippen molar-refractivity contribution >= 4 is 17.1 Å². The van der Waals surface area contributed by atoms with Gasteiger partial charge in [0.1, 0.15) is 0 Å². The minimum atomic E-state index is -2.86. The molecule has 0 heterocycles. The average molecular weight is 165 g/mol. The van der Waals surface area contributed by atoms with Crippen molar-refractivity contribution in [3.63, 3.8) is 0 Å². The van der Waals surface area contributed by atoms with E-state index >= 15 is 0 Å². The van der Waals surface area contributed by atoms with Gasteiger partial charge in [0.05, 0.1) is 0 Å². The van der Waals surface area contributed by atoms with Crippen molar-refractivity contribution in [3.05, 3.63) is 0 Å². The first-order valence-electron chi connectivity index (χ1n) is 1.23. The molecule has 0 rings (SSSR count). The molecule has 0 saturated carbocycles. The van der Waals surface area contributed by atoms with Crippen LogP contribution in [-0.4, -0.2) is 15.8 Å². The SMILES string of the molecule is NC(=O)O.O=[S-](=O)O.[Na+]. The Bertz CT molecular complexity index is 119. The Labute approximate surface area is 75.1 Å². The summed E-state index contributed by atoms with van der Waals surface area (Å²) in [6, 6.07) is 0. The molecule has 0 atom stereocenters. The Morgan fingerprint density at radius 2 is 1.44 bits per heavy atom. The number of hydrogen-bond donors (Lipinski definition) is 3. The van der Waals surface area contributed by atoms with Gasteiger partial charge < -0.3 is 23.8 Å². The fourth-order valence-corrected chi connectivity index (χ4v) is 0. The predicted octanol–water partition coefficient (Wildman–Crippen LogP) is -3.60. The van der Waals surface area contributed by atoms with Gasteiger partial charge >= 0.3 is 35.7 Å². The summed E-state index contributed by atoms with van der Waals surface area (Å²) in [5, 5.41) is 7.19. The van der Waals surface area contributed by atoms with Crippen LogP contribution in [0.3, 0.4) is 0 Å². The van der Waals surface area contributed by atoms with E-state index in [1.54, 1.807) is 0 Å². The molecule has 0 aromatic rings. The number of carbonyl (C=O) groups is 1. The summed E-state index contributed by atoms with van der Waals surface area (Å²) in [7, 11) is -2.86. The van der Waals surface area contributed by atoms with Gasteiger partial charge in [-0.3, -0.25) is 0 Å². The van der Waals surface area contributed by atoms with Crippen molar-refractivity contribution in [2.45, 2.75) is 0 Å². The van der Waals surface area contributed by atoms with Crippen molar-refractivity contribution in [1.29, 1.82) is 0 Å². The third-order valence-corrected chi connectivity index (χ3v) is 0. The molecule has 0 aliphatic heterocycles. The molecule has 0 unspecified atom stereocenters. The average Bonchev–Trinajstić information content (AvgIpc) is 1.25. The van der Waals surface area contributed by atoms with Gasteiger partial charge in [0, 0.05) is 11.0 Å². The predicted molar refractivity (Wildman–Crippen MR) is 23.6 cm³/mol. The van der Waals surface area contributed by atoms with Crippen LogP contribution in [0.2, 0.25) is 0 Å². The Balaban J connectivity index is -0.0000000720. The van der Waals surface area contributed by atoms with Gasteiger partial charge in [0.25, 0.3) is 0 Å². The summed E-state index contributed by atoms with van der Waals surface area (Å²) in [5.74, 6) is 0. The van der Waals surface area contributed by atoms with Crippen molar-refractivity contribution < 1.29 is 52.4 Å². The van der Waals surface area contributed by atoms with Crippen LogP contribution >= 0.6 is 0 Å². The van der Waals surface area contributed by atoms with Crippen molar-refractivity contribution in [2.24, 2.45) is 5.73 Å².